The first kappa shape index (κ1) is 20.5. The molecule has 6 nitrogen and oxygen atoms in total. The normalized spacial score (nSPS) is 18.9. The average Bonchev–Trinajstić information content (AvgIpc) is 2.98. The summed E-state index contributed by atoms with van der Waals surface area (Å²) in [5.41, 5.74) is 3.26. The van der Waals surface area contributed by atoms with Gasteiger partial charge in [-0.3, -0.25) is 19.7 Å². The topological polar surface area (TPSA) is 84.5 Å². The van der Waals surface area contributed by atoms with E-state index in [-0.39, 0.29) is 17.1 Å². The SMILES string of the molecule is CN1C(=O)C(c2cc(F)cc(-c3ccccn3)c2)(c2ccnc(C(F)(F)F)c2)N=C1N. The van der Waals surface area contributed by atoms with Gasteiger partial charge in [-0.15, -0.1) is 0 Å². The molecule has 1 aliphatic rings. The van der Waals surface area contributed by atoms with Crippen molar-refractivity contribution >= 4 is 11.9 Å². The summed E-state index contributed by atoms with van der Waals surface area (Å²) >= 11 is 0. The van der Waals surface area contributed by atoms with Gasteiger partial charge in [-0.05, 0) is 53.6 Å². The quantitative estimate of drug-likeness (QED) is 0.648. The van der Waals surface area contributed by atoms with E-state index in [0.29, 0.717) is 11.3 Å². The van der Waals surface area contributed by atoms with Crippen LogP contribution in [0.25, 0.3) is 11.3 Å². The third kappa shape index (κ3) is 3.39. The van der Waals surface area contributed by atoms with Crippen molar-refractivity contribution < 1.29 is 22.4 Å². The van der Waals surface area contributed by atoms with Crippen LogP contribution in [-0.2, 0) is 16.5 Å². The molecule has 2 N–H and O–H groups in total. The number of hydrogen-bond acceptors (Lipinski definition) is 5. The summed E-state index contributed by atoms with van der Waals surface area (Å²) in [6.45, 7) is 0. The fraction of sp³-hybridized carbons (Fsp3) is 0.143. The summed E-state index contributed by atoms with van der Waals surface area (Å²) in [6.07, 6.45) is -2.31. The lowest BCUT2D eigenvalue weighted by molar-refractivity contribution is -0.141. The van der Waals surface area contributed by atoms with Gasteiger partial charge in [-0.1, -0.05) is 6.07 Å². The molecule has 31 heavy (non-hydrogen) atoms. The zero-order valence-electron chi connectivity index (χ0n) is 16.1. The van der Waals surface area contributed by atoms with Crippen LogP contribution in [0.4, 0.5) is 17.6 Å². The number of aliphatic imine (C=N–C) groups is 1. The fourth-order valence-electron chi connectivity index (χ4n) is 3.47. The van der Waals surface area contributed by atoms with E-state index in [1.165, 1.54) is 31.4 Å². The second-order valence-electron chi connectivity index (χ2n) is 6.92. The van der Waals surface area contributed by atoms with Crippen LogP contribution in [0.1, 0.15) is 16.8 Å². The minimum Gasteiger partial charge on any atom is -0.369 e. The van der Waals surface area contributed by atoms with Gasteiger partial charge in [-0.2, -0.15) is 13.2 Å². The Morgan fingerprint density at radius 2 is 1.77 bits per heavy atom. The summed E-state index contributed by atoms with van der Waals surface area (Å²) in [7, 11) is 1.34. The molecular weight excluding hydrogens is 414 g/mol. The van der Waals surface area contributed by atoms with Crippen LogP contribution < -0.4 is 5.73 Å². The molecule has 158 valence electrons. The van der Waals surface area contributed by atoms with E-state index >= 15 is 0 Å². The molecule has 0 aliphatic carbocycles. The molecule has 3 aromatic rings. The van der Waals surface area contributed by atoms with Gasteiger partial charge < -0.3 is 5.73 Å². The molecule has 0 saturated heterocycles. The number of pyridine rings is 2. The highest BCUT2D eigenvalue weighted by atomic mass is 19.4. The third-order valence-corrected chi connectivity index (χ3v) is 4.98. The van der Waals surface area contributed by atoms with Gasteiger partial charge in [0.15, 0.2) is 11.5 Å². The van der Waals surface area contributed by atoms with Crippen molar-refractivity contribution in [3.8, 4) is 11.3 Å². The number of hydrogen-bond donors (Lipinski definition) is 1. The Hall–Kier alpha value is -3.82. The zero-order chi connectivity index (χ0) is 22.4. The molecule has 1 aromatic carbocycles. The van der Waals surface area contributed by atoms with Gasteiger partial charge in [0.25, 0.3) is 5.91 Å². The lowest BCUT2D eigenvalue weighted by Crippen LogP contribution is -2.41. The van der Waals surface area contributed by atoms with Crippen molar-refractivity contribution in [1.82, 2.24) is 14.9 Å². The first-order valence-corrected chi connectivity index (χ1v) is 9.02. The number of rotatable bonds is 3. The van der Waals surface area contributed by atoms with Crippen LogP contribution >= 0.6 is 0 Å². The highest BCUT2D eigenvalue weighted by Crippen LogP contribution is 2.42. The van der Waals surface area contributed by atoms with Crippen LogP contribution in [0.15, 0.2) is 65.9 Å². The third-order valence-electron chi connectivity index (χ3n) is 4.98. The van der Waals surface area contributed by atoms with Crippen molar-refractivity contribution in [1.29, 1.82) is 0 Å². The number of nitrogens with two attached hydrogens (primary N) is 1. The number of aromatic nitrogens is 2. The highest BCUT2D eigenvalue weighted by molar-refractivity contribution is 6.09. The fourth-order valence-corrected chi connectivity index (χ4v) is 3.47. The van der Waals surface area contributed by atoms with E-state index in [1.807, 2.05) is 0 Å². The molecule has 0 fully saturated rings. The molecule has 0 radical (unpaired) electrons. The first-order valence-electron chi connectivity index (χ1n) is 9.02. The van der Waals surface area contributed by atoms with Gasteiger partial charge in [0.05, 0.1) is 5.69 Å². The Bertz CT molecular complexity index is 1200. The number of likely N-dealkylation sites (N-methyl/N-ethyl adjacent to an activating group) is 1. The molecular formula is C21H15F4N5O. The number of benzene rings is 1. The van der Waals surface area contributed by atoms with E-state index in [9.17, 15) is 22.4 Å². The lowest BCUT2D eigenvalue weighted by atomic mass is 9.82. The van der Waals surface area contributed by atoms with Crippen LogP contribution in [0.3, 0.4) is 0 Å². The van der Waals surface area contributed by atoms with Crippen molar-refractivity contribution in [3.63, 3.8) is 0 Å². The van der Waals surface area contributed by atoms with Crippen LogP contribution in [0, 0.1) is 5.82 Å². The van der Waals surface area contributed by atoms with Crippen LogP contribution in [0.2, 0.25) is 0 Å². The second-order valence-corrected chi connectivity index (χ2v) is 6.92. The average molecular weight is 429 g/mol. The molecule has 4 rings (SSSR count). The standard InChI is InChI=1S/C21H15F4N5O/c1-30-18(31)20(29-19(30)26,13-5-7-28-17(11-13)21(23,24)25)14-8-12(9-15(22)10-14)16-4-2-3-6-27-16/h2-11H,1H3,(H2,26,29). The Morgan fingerprint density at radius 1 is 1.00 bits per heavy atom. The number of alkyl halides is 3. The number of carbonyl (C=O) groups is 1. The molecule has 0 saturated carbocycles. The Labute approximate surface area is 174 Å². The van der Waals surface area contributed by atoms with Crippen molar-refractivity contribution in [3.05, 3.63) is 83.6 Å². The van der Waals surface area contributed by atoms with Gasteiger partial charge in [0.2, 0.25) is 0 Å². The smallest absolute Gasteiger partial charge is 0.369 e. The first-order chi connectivity index (χ1) is 14.6. The number of amides is 1. The van der Waals surface area contributed by atoms with Gasteiger partial charge >= 0.3 is 6.18 Å². The molecule has 2 aromatic heterocycles. The second kappa shape index (κ2) is 7.15. The summed E-state index contributed by atoms with van der Waals surface area (Å²) in [5, 5.41) is 0. The van der Waals surface area contributed by atoms with Crippen LogP contribution in [0.5, 0.6) is 0 Å². The van der Waals surface area contributed by atoms with Gasteiger partial charge in [0, 0.05) is 25.0 Å². The number of nitrogens with zero attached hydrogens (tertiary/aromatic N) is 4. The van der Waals surface area contributed by atoms with Crippen molar-refractivity contribution in [2.75, 3.05) is 7.05 Å². The molecule has 1 aliphatic heterocycles. The van der Waals surface area contributed by atoms with Crippen LogP contribution in [-0.4, -0.2) is 33.8 Å². The molecule has 1 unspecified atom stereocenters. The summed E-state index contributed by atoms with van der Waals surface area (Å²) in [5.74, 6) is -1.64. The zero-order valence-corrected chi connectivity index (χ0v) is 16.1. The van der Waals surface area contributed by atoms with Gasteiger partial charge in [-0.25, -0.2) is 9.38 Å². The van der Waals surface area contributed by atoms with E-state index in [2.05, 4.69) is 15.0 Å². The van der Waals surface area contributed by atoms with E-state index < -0.39 is 29.1 Å². The minimum atomic E-state index is -4.75. The molecule has 1 amide bonds. The predicted octanol–water partition coefficient (Wildman–Crippen LogP) is 3.33. The minimum absolute atomic E-state index is 0.0183. The summed E-state index contributed by atoms with van der Waals surface area (Å²) in [6, 6.07) is 10.7. The monoisotopic (exact) mass is 429 g/mol. The summed E-state index contributed by atoms with van der Waals surface area (Å²) < 4.78 is 54.5. The lowest BCUT2D eigenvalue weighted by Gasteiger charge is -2.27. The van der Waals surface area contributed by atoms with E-state index in [0.717, 1.165) is 23.2 Å². The largest absolute Gasteiger partial charge is 0.433 e. The number of halogens is 4. The molecule has 10 heteroatoms. The Kier molecular flexibility index (Phi) is 4.72. The molecule has 0 spiro atoms. The maximum atomic E-state index is 14.6. The van der Waals surface area contributed by atoms with Crippen molar-refractivity contribution in [2.24, 2.45) is 10.7 Å². The summed E-state index contributed by atoms with van der Waals surface area (Å²) in [4.78, 5) is 26.0. The Morgan fingerprint density at radius 3 is 2.39 bits per heavy atom. The maximum absolute atomic E-state index is 14.6. The molecule has 3 heterocycles. The van der Waals surface area contributed by atoms with E-state index in [4.69, 9.17) is 5.73 Å². The maximum Gasteiger partial charge on any atom is 0.433 e. The number of carbonyl (C=O) groups excluding carboxylic acids is 1. The predicted molar refractivity (Wildman–Crippen MR) is 104 cm³/mol. The van der Waals surface area contributed by atoms with Gasteiger partial charge in [0.1, 0.15) is 11.5 Å². The molecule has 0 bridgehead atoms. The van der Waals surface area contributed by atoms with Crippen molar-refractivity contribution in [2.45, 2.75) is 11.7 Å². The van der Waals surface area contributed by atoms with E-state index in [1.54, 1.807) is 18.2 Å². The number of guanidine groups is 1. The Balaban J connectivity index is 1.99. The highest BCUT2D eigenvalue weighted by Gasteiger charge is 2.50. The molecule has 1 atom stereocenters.